The van der Waals surface area contributed by atoms with E-state index in [9.17, 15) is 4.39 Å². The van der Waals surface area contributed by atoms with E-state index >= 15 is 0 Å². The molecule has 0 aliphatic carbocycles. The Labute approximate surface area is 164 Å². The summed E-state index contributed by atoms with van der Waals surface area (Å²) in [6.07, 6.45) is 6.90. The first-order chi connectivity index (χ1) is 13.7. The number of benzene rings is 1. The van der Waals surface area contributed by atoms with Crippen molar-refractivity contribution < 1.29 is 4.39 Å². The molecule has 134 valence electrons. The van der Waals surface area contributed by atoms with Gasteiger partial charge in [0.05, 0.1) is 17.4 Å². The molecule has 0 saturated carbocycles. The molecule has 0 unspecified atom stereocenters. The molecule has 5 aromatic rings. The van der Waals surface area contributed by atoms with Gasteiger partial charge in [0.25, 0.3) is 0 Å². The Hall–Kier alpha value is -3.44. The highest BCUT2D eigenvalue weighted by molar-refractivity contribution is 6.30. The van der Waals surface area contributed by atoms with Crippen LogP contribution in [-0.2, 0) is 0 Å². The highest BCUT2D eigenvalue weighted by Gasteiger charge is 2.15. The Balaban J connectivity index is 1.87. The molecule has 0 atom stereocenters. The van der Waals surface area contributed by atoms with E-state index in [0.29, 0.717) is 21.9 Å². The average molecular weight is 387 g/mol. The van der Waals surface area contributed by atoms with Crippen LogP contribution < -0.4 is 0 Å². The Kier molecular flexibility index (Phi) is 3.95. The number of hydrogen-bond donors (Lipinski definition) is 0. The molecule has 0 spiro atoms. The van der Waals surface area contributed by atoms with Gasteiger partial charge in [0.1, 0.15) is 5.82 Å². The van der Waals surface area contributed by atoms with Gasteiger partial charge in [-0.25, -0.2) is 14.4 Å². The van der Waals surface area contributed by atoms with Gasteiger partial charge in [-0.3, -0.25) is 9.97 Å². The van der Waals surface area contributed by atoms with E-state index < -0.39 is 5.82 Å². The summed E-state index contributed by atoms with van der Waals surface area (Å²) in [6, 6.07) is 13.9. The maximum Gasteiger partial charge on any atom is 0.160 e. The fourth-order valence-corrected chi connectivity index (χ4v) is 3.50. The van der Waals surface area contributed by atoms with Crippen molar-refractivity contribution in [2.75, 3.05) is 0 Å². The van der Waals surface area contributed by atoms with Gasteiger partial charge >= 0.3 is 0 Å². The van der Waals surface area contributed by atoms with Crippen LogP contribution in [0.2, 0.25) is 5.02 Å². The molecule has 0 bridgehead atoms. The first kappa shape index (κ1) is 16.7. The van der Waals surface area contributed by atoms with Crippen molar-refractivity contribution in [2.45, 2.75) is 0 Å². The summed E-state index contributed by atoms with van der Waals surface area (Å²) in [6.45, 7) is 0. The van der Waals surface area contributed by atoms with Crippen LogP contribution in [0.25, 0.3) is 44.3 Å². The van der Waals surface area contributed by atoms with Crippen molar-refractivity contribution >= 4 is 33.5 Å². The van der Waals surface area contributed by atoms with E-state index in [1.165, 1.54) is 12.1 Å². The summed E-state index contributed by atoms with van der Waals surface area (Å²) in [5, 5.41) is 2.25. The summed E-state index contributed by atoms with van der Waals surface area (Å²) in [5.74, 6) is -0.393. The van der Waals surface area contributed by atoms with Crippen LogP contribution in [0.1, 0.15) is 0 Å². The van der Waals surface area contributed by atoms with Crippen molar-refractivity contribution in [3.8, 4) is 22.4 Å². The monoisotopic (exact) mass is 386 g/mol. The van der Waals surface area contributed by atoms with E-state index in [1.54, 1.807) is 30.9 Å². The number of pyridine rings is 4. The summed E-state index contributed by atoms with van der Waals surface area (Å²) in [5.41, 5.74) is 3.84. The summed E-state index contributed by atoms with van der Waals surface area (Å²) in [4.78, 5) is 17.7. The lowest BCUT2D eigenvalue weighted by molar-refractivity contribution is 0.631. The lowest BCUT2D eigenvalue weighted by Crippen LogP contribution is -1.95. The van der Waals surface area contributed by atoms with Gasteiger partial charge in [-0.15, -0.1) is 0 Å². The highest BCUT2D eigenvalue weighted by Crippen LogP contribution is 2.35. The predicted octanol–water partition coefficient (Wildman–Crippen LogP) is 5.70. The summed E-state index contributed by atoms with van der Waals surface area (Å²) < 4.78 is 14.5. The number of nitrogens with zero attached hydrogens (tertiary/aromatic N) is 4. The second kappa shape index (κ2) is 6.62. The topological polar surface area (TPSA) is 51.6 Å². The largest absolute Gasteiger partial charge is 0.262 e. The number of fused-ring (bicyclic) bond motifs is 2. The fraction of sp³-hybridized carbons (Fsp3) is 0. The Bertz CT molecular complexity index is 1350. The Morgan fingerprint density at radius 2 is 1.61 bits per heavy atom. The number of halogens is 2. The van der Waals surface area contributed by atoms with Crippen LogP contribution in [0.4, 0.5) is 4.39 Å². The molecule has 0 radical (unpaired) electrons. The summed E-state index contributed by atoms with van der Waals surface area (Å²) in [7, 11) is 0. The second-order valence-electron chi connectivity index (χ2n) is 6.31. The van der Waals surface area contributed by atoms with Crippen molar-refractivity contribution in [3.05, 3.63) is 84.2 Å². The first-order valence-electron chi connectivity index (χ1n) is 8.61. The van der Waals surface area contributed by atoms with Gasteiger partial charge in [0, 0.05) is 45.5 Å². The van der Waals surface area contributed by atoms with Gasteiger partial charge in [0.2, 0.25) is 0 Å². The van der Waals surface area contributed by atoms with Crippen LogP contribution in [0.5, 0.6) is 0 Å². The lowest BCUT2D eigenvalue weighted by atomic mass is 9.98. The quantitative estimate of drug-likeness (QED) is 0.390. The van der Waals surface area contributed by atoms with Gasteiger partial charge in [-0.05, 0) is 48.0 Å². The van der Waals surface area contributed by atoms with E-state index in [4.69, 9.17) is 11.6 Å². The number of hydrogen-bond acceptors (Lipinski definition) is 4. The van der Waals surface area contributed by atoms with E-state index in [0.717, 1.165) is 27.4 Å². The maximum atomic E-state index is 14.5. The smallest absolute Gasteiger partial charge is 0.160 e. The molecule has 28 heavy (non-hydrogen) atoms. The molecule has 0 N–H and O–H groups in total. The third-order valence-corrected chi connectivity index (χ3v) is 4.84. The van der Waals surface area contributed by atoms with Gasteiger partial charge in [0.15, 0.2) is 5.65 Å². The molecular formula is C22H12ClFN4. The molecule has 5 rings (SSSR count). The Morgan fingerprint density at radius 3 is 2.50 bits per heavy atom. The van der Waals surface area contributed by atoms with Crippen LogP contribution in [0, 0.1) is 5.82 Å². The molecule has 0 aliphatic rings. The van der Waals surface area contributed by atoms with E-state index in [-0.39, 0.29) is 0 Å². The highest BCUT2D eigenvalue weighted by atomic mass is 35.5. The van der Waals surface area contributed by atoms with Gasteiger partial charge < -0.3 is 0 Å². The number of rotatable bonds is 2. The molecule has 1 aromatic carbocycles. The van der Waals surface area contributed by atoms with Crippen LogP contribution in [-0.4, -0.2) is 19.9 Å². The molecule has 0 saturated heterocycles. The molecule has 0 fully saturated rings. The Morgan fingerprint density at radius 1 is 0.786 bits per heavy atom. The molecule has 4 heterocycles. The van der Waals surface area contributed by atoms with Crippen molar-refractivity contribution in [2.24, 2.45) is 0 Å². The van der Waals surface area contributed by atoms with Crippen LogP contribution >= 0.6 is 11.6 Å². The fourth-order valence-electron chi connectivity index (χ4n) is 3.33. The first-order valence-corrected chi connectivity index (χ1v) is 8.99. The van der Waals surface area contributed by atoms with Gasteiger partial charge in [-0.1, -0.05) is 17.7 Å². The molecule has 6 heteroatoms. The lowest BCUT2D eigenvalue weighted by Gasteiger charge is -2.12. The zero-order valence-corrected chi connectivity index (χ0v) is 15.2. The molecule has 4 aromatic heterocycles. The normalized spacial score (nSPS) is 11.2. The van der Waals surface area contributed by atoms with Crippen molar-refractivity contribution in [3.63, 3.8) is 0 Å². The van der Waals surface area contributed by atoms with Crippen LogP contribution in [0.3, 0.4) is 0 Å². The third-order valence-electron chi connectivity index (χ3n) is 4.61. The zero-order chi connectivity index (χ0) is 19.1. The minimum Gasteiger partial charge on any atom is -0.262 e. The average Bonchev–Trinajstić information content (AvgIpc) is 2.74. The standard InChI is InChI=1S/C22H12ClFN4/c23-13-5-6-19(24)17(9-13)20-10-16(15-4-2-8-27-22(15)28-20)18-11-25-12-21-14(18)3-1-7-26-21/h1-12H. The van der Waals surface area contributed by atoms with Crippen molar-refractivity contribution in [1.29, 1.82) is 0 Å². The number of aromatic nitrogens is 4. The zero-order valence-electron chi connectivity index (χ0n) is 14.5. The second-order valence-corrected chi connectivity index (χ2v) is 6.75. The van der Waals surface area contributed by atoms with Crippen LogP contribution in [0.15, 0.2) is 73.3 Å². The van der Waals surface area contributed by atoms with Crippen molar-refractivity contribution in [1.82, 2.24) is 19.9 Å². The molecule has 0 amide bonds. The maximum absolute atomic E-state index is 14.5. The molecule has 4 nitrogen and oxygen atoms in total. The molecular weight excluding hydrogens is 375 g/mol. The molecule has 0 aliphatic heterocycles. The SMILES string of the molecule is Fc1ccc(Cl)cc1-c1cc(-c2cncc3ncccc23)c2cccnc2n1. The van der Waals surface area contributed by atoms with E-state index in [1.807, 2.05) is 30.3 Å². The van der Waals surface area contributed by atoms with E-state index in [2.05, 4.69) is 19.9 Å². The minimum absolute atomic E-state index is 0.327. The third kappa shape index (κ3) is 2.77. The summed E-state index contributed by atoms with van der Waals surface area (Å²) >= 11 is 6.09. The minimum atomic E-state index is -0.393. The van der Waals surface area contributed by atoms with Gasteiger partial charge in [-0.2, -0.15) is 0 Å². The predicted molar refractivity (Wildman–Crippen MR) is 108 cm³/mol.